The maximum absolute atomic E-state index is 11.8. The second-order valence-corrected chi connectivity index (χ2v) is 5.67. The second kappa shape index (κ2) is 9.31. The summed E-state index contributed by atoms with van der Waals surface area (Å²) in [4.78, 5) is 22.6. The first kappa shape index (κ1) is 19.1. The van der Waals surface area contributed by atoms with E-state index >= 15 is 0 Å². The van der Waals surface area contributed by atoms with Crippen molar-refractivity contribution in [2.24, 2.45) is 0 Å². The summed E-state index contributed by atoms with van der Waals surface area (Å²) in [5, 5.41) is 14.3. The minimum Gasteiger partial charge on any atom is -0.497 e. The van der Waals surface area contributed by atoms with Crippen molar-refractivity contribution in [3.63, 3.8) is 0 Å². The number of carbonyl (C=O) groups excluding carboxylic acids is 1. The van der Waals surface area contributed by atoms with Crippen LogP contribution in [-0.2, 0) is 6.54 Å². The third kappa shape index (κ3) is 6.01. The van der Waals surface area contributed by atoms with Crippen molar-refractivity contribution in [1.82, 2.24) is 10.6 Å². The van der Waals surface area contributed by atoms with Gasteiger partial charge in [-0.05, 0) is 48.9 Å². The van der Waals surface area contributed by atoms with Crippen LogP contribution in [-0.4, -0.2) is 36.9 Å². The number of methoxy groups -OCH3 is 1. The van der Waals surface area contributed by atoms with Gasteiger partial charge in [-0.25, -0.2) is 9.59 Å². The van der Waals surface area contributed by atoms with Gasteiger partial charge in [-0.15, -0.1) is 0 Å². The number of carboxylic acids is 1. The Morgan fingerprint density at radius 3 is 2.19 bits per heavy atom. The summed E-state index contributed by atoms with van der Waals surface area (Å²) in [6, 6.07) is 13.2. The standard InChI is InChI=1S/C19H22N2O5/c1-13(26-17-9-7-16(25-2)8-10-17)11-20-19(24)21-12-14-3-5-15(6-4-14)18(22)23/h3-10,13H,11-12H2,1-2H3,(H,22,23)(H2,20,21,24). The molecule has 0 fully saturated rings. The maximum atomic E-state index is 11.8. The van der Waals surface area contributed by atoms with E-state index in [0.29, 0.717) is 18.8 Å². The number of urea groups is 1. The van der Waals surface area contributed by atoms with Gasteiger partial charge in [0, 0.05) is 6.54 Å². The van der Waals surface area contributed by atoms with Gasteiger partial charge in [-0.2, -0.15) is 0 Å². The van der Waals surface area contributed by atoms with Crippen LogP contribution in [0, 0.1) is 0 Å². The summed E-state index contributed by atoms with van der Waals surface area (Å²) >= 11 is 0. The van der Waals surface area contributed by atoms with E-state index < -0.39 is 5.97 Å². The fourth-order valence-electron chi connectivity index (χ4n) is 2.17. The van der Waals surface area contributed by atoms with Crippen molar-refractivity contribution in [1.29, 1.82) is 0 Å². The van der Waals surface area contributed by atoms with E-state index in [1.165, 1.54) is 12.1 Å². The van der Waals surface area contributed by atoms with Gasteiger partial charge >= 0.3 is 12.0 Å². The number of benzene rings is 2. The van der Waals surface area contributed by atoms with Crippen LogP contribution in [0.25, 0.3) is 0 Å². The Kier molecular flexibility index (Phi) is 6.84. The highest BCUT2D eigenvalue weighted by Crippen LogP contribution is 2.17. The van der Waals surface area contributed by atoms with E-state index in [1.807, 2.05) is 6.92 Å². The molecule has 0 aliphatic rings. The van der Waals surface area contributed by atoms with Crippen molar-refractivity contribution < 1.29 is 24.2 Å². The molecule has 1 atom stereocenters. The molecule has 0 saturated heterocycles. The lowest BCUT2D eigenvalue weighted by Crippen LogP contribution is -2.40. The van der Waals surface area contributed by atoms with Crippen LogP contribution >= 0.6 is 0 Å². The molecule has 0 aromatic heterocycles. The molecule has 7 nitrogen and oxygen atoms in total. The monoisotopic (exact) mass is 358 g/mol. The van der Waals surface area contributed by atoms with Crippen LogP contribution in [0.2, 0.25) is 0 Å². The molecule has 2 amide bonds. The zero-order chi connectivity index (χ0) is 18.9. The van der Waals surface area contributed by atoms with Gasteiger partial charge in [0.25, 0.3) is 0 Å². The number of rotatable bonds is 8. The lowest BCUT2D eigenvalue weighted by atomic mass is 10.1. The molecule has 2 aromatic rings. The summed E-state index contributed by atoms with van der Waals surface area (Å²) in [5.41, 5.74) is 1.02. The molecule has 7 heteroatoms. The minimum absolute atomic E-state index is 0.205. The fraction of sp³-hybridized carbons (Fsp3) is 0.263. The molecule has 0 aliphatic heterocycles. The highest BCUT2D eigenvalue weighted by atomic mass is 16.5. The highest BCUT2D eigenvalue weighted by molar-refractivity contribution is 5.87. The zero-order valence-corrected chi connectivity index (χ0v) is 14.7. The fourth-order valence-corrected chi connectivity index (χ4v) is 2.17. The van der Waals surface area contributed by atoms with Gasteiger partial charge in [-0.3, -0.25) is 0 Å². The molecule has 0 saturated carbocycles. The number of ether oxygens (including phenoxy) is 2. The van der Waals surface area contributed by atoms with Gasteiger partial charge in [0.05, 0.1) is 19.2 Å². The van der Waals surface area contributed by atoms with Gasteiger partial charge < -0.3 is 25.2 Å². The summed E-state index contributed by atoms with van der Waals surface area (Å²) < 4.78 is 10.8. The largest absolute Gasteiger partial charge is 0.497 e. The zero-order valence-electron chi connectivity index (χ0n) is 14.7. The van der Waals surface area contributed by atoms with Crippen LogP contribution in [0.15, 0.2) is 48.5 Å². The highest BCUT2D eigenvalue weighted by Gasteiger charge is 2.08. The van der Waals surface area contributed by atoms with E-state index in [9.17, 15) is 9.59 Å². The van der Waals surface area contributed by atoms with Gasteiger partial charge in [0.2, 0.25) is 0 Å². The molecule has 26 heavy (non-hydrogen) atoms. The second-order valence-electron chi connectivity index (χ2n) is 5.67. The van der Waals surface area contributed by atoms with Gasteiger partial charge in [-0.1, -0.05) is 12.1 Å². The van der Waals surface area contributed by atoms with Crippen molar-refractivity contribution >= 4 is 12.0 Å². The predicted octanol–water partition coefficient (Wildman–Crippen LogP) is 2.66. The Morgan fingerprint density at radius 1 is 1.00 bits per heavy atom. The first-order chi connectivity index (χ1) is 12.5. The average Bonchev–Trinajstić information content (AvgIpc) is 2.65. The van der Waals surface area contributed by atoms with Crippen molar-refractivity contribution in [2.75, 3.05) is 13.7 Å². The Hall–Kier alpha value is -3.22. The lowest BCUT2D eigenvalue weighted by molar-refractivity contribution is 0.0697. The number of nitrogens with one attached hydrogen (secondary N) is 2. The molecule has 0 aliphatic carbocycles. The summed E-state index contributed by atoms with van der Waals surface area (Å²) in [6.07, 6.45) is -0.205. The Labute approximate surface area is 151 Å². The first-order valence-corrected chi connectivity index (χ1v) is 8.12. The predicted molar refractivity (Wildman–Crippen MR) is 96.7 cm³/mol. The van der Waals surface area contributed by atoms with E-state index in [2.05, 4.69) is 10.6 Å². The van der Waals surface area contributed by atoms with Crippen LogP contribution in [0.3, 0.4) is 0 Å². The average molecular weight is 358 g/mol. The molecule has 0 radical (unpaired) electrons. The van der Waals surface area contributed by atoms with Gasteiger partial charge in [0.15, 0.2) is 0 Å². The molecular weight excluding hydrogens is 336 g/mol. The number of carboxylic acid groups (broad SMARTS) is 1. The van der Waals surface area contributed by atoms with Gasteiger partial charge in [0.1, 0.15) is 17.6 Å². The summed E-state index contributed by atoms with van der Waals surface area (Å²) in [6.45, 7) is 2.50. The number of carbonyl (C=O) groups is 2. The quantitative estimate of drug-likeness (QED) is 0.674. The van der Waals surface area contributed by atoms with Crippen molar-refractivity contribution in [2.45, 2.75) is 19.6 Å². The molecule has 2 aromatic carbocycles. The van der Waals surface area contributed by atoms with Crippen LogP contribution in [0.1, 0.15) is 22.8 Å². The number of amides is 2. The van der Waals surface area contributed by atoms with E-state index in [0.717, 1.165) is 11.3 Å². The third-order valence-electron chi connectivity index (χ3n) is 3.60. The first-order valence-electron chi connectivity index (χ1n) is 8.12. The van der Waals surface area contributed by atoms with Crippen LogP contribution in [0.5, 0.6) is 11.5 Å². The molecule has 1 unspecified atom stereocenters. The van der Waals surface area contributed by atoms with E-state index in [-0.39, 0.29) is 17.7 Å². The Balaban J connectivity index is 1.71. The SMILES string of the molecule is COc1ccc(OC(C)CNC(=O)NCc2ccc(C(=O)O)cc2)cc1. The maximum Gasteiger partial charge on any atom is 0.335 e. The number of hydrogen-bond acceptors (Lipinski definition) is 4. The number of aromatic carboxylic acids is 1. The topological polar surface area (TPSA) is 96.9 Å². The van der Waals surface area contributed by atoms with E-state index in [1.54, 1.807) is 43.5 Å². The molecule has 3 N–H and O–H groups in total. The molecule has 0 bridgehead atoms. The number of hydrogen-bond donors (Lipinski definition) is 3. The van der Waals surface area contributed by atoms with Crippen LogP contribution < -0.4 is 20.1 Å². The van der Waals surface area contributed by atoms with Crippen LogP contribution in [0.4, 0.5) is 4.79 Å². The molecular formula is C19H22N2O5. The molecule has 0 heterocycles. The smallest absolute Gasteiger partial charge is 0.335 e. The van der Waals surface area contributed by atoms with Crippen molar-refractivity contribution in [3.05, 3.63) is 59.7 Å². The summed E-state index contributed by atoms with van der Waals surface area (Å²) in [5.74, 6) is 0.464. The van der Waals surface area contributed by atoms with E-state index in [4.69, 9.17) is 14.6 Å². The third-order valence-corrected chi connectivity index (χ3v) is 3.60. The normalized spacial score (nSPS) is 11.3. The molecule has 2 rings (SSSR count). The molecule has 0 spiro atoms. The van der Waals surface area contributed by atoms with Crippen molar-refractivity contribution in [3.8, 4) is 11.5 Å². The Bertz CT molecular complexity index is 729. The Morgan fingerprint density at radius 2 is 1.62 bits per heavy atom. The minimum atomic E-state index is -0.979. The lowest BCUT2D eigenvalue weighted by Gasteiger charge is -2.16. The molecule has 138 valence electrons. The summed E-state index contributed by atoms with van der Waals surface area (Å²) in [7, 11) is 1.60.